The number of fused-ring (bicyclic) bond motifs is 2. The summed E-state index contributed by atoms with van der Waals surface area (Å²) in [7, 11) is 3.76. The van der Waals surface area contributed by atoms with Crippen LogP contribution in [0.1, 0.15) is 46.1 Å². The Labute approximate surface area is 170 Å². The van der Waals surface area contributed by atoms with Gasteiger partial charge in [0.05, 0.1) is 16.6 Å². The molecule has 1 fully saturated rings. The molecule has 2 heterocycles. The molecule has 0 atom stereocenters. The number of hydrogen-bond donors (Lipinski definition) is 0. The summed E-state index contributed by atoms with van der Waals surface area (Å²) in [4.78, 5) is 20.0. The van der Waals surface area contributed by atoms with Gasteiger partial charge < -0.3 is 4.90 Å². The Morgan fingerprint density at radius 2 is 1.90 bits per heavy atom. The van der Waals surface area contributed by atoms with Crippen molar-refractivity contribution in [3.63, 3.8) is 0 Å². The van der Waals surface area contributed by atoms with Crippen LogP contribution in [-0.2, 0) is 13.6 Å². The number of carbonyl (C=O) groups is 1. The first-order valence-corrected chi connectivity index (χ1v) is 10.1. The Balaban J connectivity index is 1.51. The van der Waals surface area contributed by atoms with E-state index in [1.165, 1.54) is 10.8 Å². The molecule has 0 bridgehead atoms. The van der Waals surface area contributed by atoms with Crippen molar-refractivity contribution in [2.24, 2.45) is 7.05 Å². The minimum Gasteiger partial charge on any atom is -0.337 e. The third-order valence-corrected chi connectivity index (χ3v) is 5.79. The quantitative estimate of drug-likeness (QED) is 0.517. The highest BCUT2D eigenvalue weighted by Gasteiger charge is 2.29. The summed E-state index contributed by atoms with van der Waals surface area (Å²) in [5.74, 6) is 0.496. The highest BCUT2D eigenvalue weighted by molar-refractivity contribution is 6.06. The van der Waals surface area contributed by atoms with Crippen LogP contribution in [0.4, 0.5) is 0 Å². The normalized spacial score (nSPS) is 13.9. The molecule has 4 aromatic rings. The third-order valence-electron chi connectivity index (χ3n) is 5.79. The highest BCUT2D eigenvalue weighted by Crippen LogP contribution is 2.40. The van der Waals surface area contributed by atoms with E-state index in [1.807, 2.05) is 39.2 Å². The number of nitrogens with zero attached hydrogens (tertiary/aromatic N) is 4. The van der Waals surface area contributed by atoms with Crippen LogP contribution >= 0.6 is 0 Å². The van der Waals surface area contributed by atoms with Crippen molar-refractivity contribution < 1.29 is 4.79 Å². The van der Waals surface area contributed by atoms with Crippen LogP contribution in [-0.4, -0.2) is 32.6 Å². The molecule has 0 aliphatic heterocycles. The standard InChI is InChI=1S/C24H24N4O/c1-15-22-20(13-21(18-10-11-18)25-23(22)28(3)26-15)24(29)27(2)14-16-8-9-17-6-4-5-7-19(17)12-16/h4-9,12-13,18H,10-11,14H2,1-3H3. The maximum Gasteiger partial charge on any atom is 0.254 e. The number of carbonyl (C=O) groups excluding carboxylic acids is 1. The molecule has 5 rings (SSSR count). The van der Waals surface area contributed by atoms with Crippen molar-refractivity contribution in [1.29, 1.82) is 0 Å². The summed E-state index contributed by atoms with van der Waals surface area (Å²) in [5.41, 5.74) is 4.50. The molecule has 2 aromatic carbocycles. The number of rotatable bonds is 4. The maximum absolute atomic E-state index is 13.4. The molecular formula is C24H24N4O. The largest absolute Gasteiger partial charge is 0.337 e. The van der Waals surface area contributed by atoms with Gasteiger partial charge >= 0.3 is 0 Å². The number of aromatic nitrogens is 3. The lowest BCUT2D eigenvalue weighted by atomic mass is 10.0. The molecular weight excluding hydrogens is 360 g/mol. The number of hydrogen-bond acceptors (Lipinski definition) is 3. The molecule has 5 nitrogen and oxygen atoms in total. The molecule has 29 heavy (non-hydrogen) atoms. The van der Waals surface area contributed by atoms with Crippen molar-refractivity contribution >= 4 is 27.7 Å². The summed E-state index contributed by atoms with van der Waals surface area (Å²) in [6, 6.07) is 16.7. The zero-order chi connectivity index (χ0) is 20.1. The first kappa shape index (κ1) is 17.9. The van der Waals surface area contributed by atoms with Gasteiger partial charge in [0.15, 0.2) is 5.65 Å². The molecule has 5 heteroatoms. The van der Waals surface area contributed by atoms with Crippen molar-refractivity contribution in [1.82, 2.24) is 19.7 Å². The summed E-state index contributed by atoms with van der Waals surface area (Å²) in [6.07, 6.45) is 2.30. The highest BCUT2D eigenvalue weighted by atomic mass is 16.2. The van der Waals surface area contributed by atoms with E-state index >= 15 is 0 Å². The Bertz CT molecular complexity index is 1250. The summed E-state index contributed by atoms with van der Waals surface area (Å²) in [5, 5.41) is 7.78. The van der Waals surface area contributed by atoms with Crippen LogP contribution in [0.15, 0.2) is 48.5 Å². The van der Waals surface area contributed by atoms with Crippen molar-refractivity contribution in [2.75, 3.05) is 7.05 Å². The van der Waals surface area contributed by atoms with E-state index in [0.717, 1.165) is 40.8 Å². The Kier molecular flexibility index (Phi) is 4.12. The van der Waals surface area contributed by atoms with Crippen LogP contribution in [0.2, 0.25) is 0 Å². The van der Waals surface area contributed by atoms with E-state index in [0.29, 0.717) is 18.0 Å². The Morgan fingerprint density at radius 3 is 2.66 bits per heavy atom. The van der Waals surface area contributed by atoms with E-state index in [4.69, 9.17) is 4.98 Å². The first-order valence-electron chi connectivity index (χ1n) is 10.1. The monoisotopic (exact) mass is 384 g/mol. The number of benzene rings is 2. The molecule has 1 amide bonds. The minimum absolute atomic E-state index is 0.0172. The van der Waals surface area contributed by atoms with Crippen LogP contribution < -0.4 is 0 Å². The second kappa shape index (κ2) is 6.69. The van der Waals surface area contributed by atoms with Gasteiger partial charge in [-0.05, 0) is 48.2 Å². The van der Waals surface area contributed by atoms with Gasteiger partial charge in [-0.2, -0.15) is 5.10 Å². The average Bonchev–Trinajstić information content (AvgIpc) is 3.53. The number of amides is 1. The Hall–Kier alpha value is -3.21. The van der Waals surface area contributed by atoms with Gasteiger partial charge in [0, 0.05) is 32.3 Å². The molecule has 0 spiro atoms. The first-order chi connectivity index (χ1) is 14.0. The van der Waals surface area contributed by atoms with E-state index < -0.39 is 0 Å². The lowest BCUT2D eigenvalue weighted by Gasteiger charge is -2.19. The molecule has 0 unspecified atom stereocenters. The van der Waals surface area contributed by atoms with Crippen LogP contribution in [0.3, 0.4) is 0 Å². The lowest BCUT2D eigenvalue weighted by molar-refractivity contribution is 0.0787. The third kappa shape index (κ3) is 3.16. The fraction of sp³-hybridized carbons (Fsp3) is 0.292. The number of pyridine rings is 1. The van der Waals surface area contributed by atoms with Gasteiger partial charge in [-0.1, -0.05) is 36.4 Å². The smallest absolute Gasteiger partial charge is 0.254 e. The van der Waals surface area contributed by atoms with E-state index in [-0.39, 0.29) is 5.91 Å². The van der Waals surface area contributed by atoms with Gasteiger partial charge in [0.2, 0.25) is 0 Å². The SMILES string of the molecule is Cc1nn(C)c2nc(C3CC3)cc(C(=O)N(C)Cc3ccc4ccccc4c3)c12. The van der Waals surface area contributed by atoms with Crippen LogP contribution in [0.25, 0.3) is 21.8 Å². The van der Waals surface area contributed by atoms with Gasteiger partial charge in [-0.15, -0.1) is 0 Å². The zero-order valence-electron chi connectivity index (χ0n) is 17.0. The minimum atomic E-state index is 0.0172. The molecule has 1 saturated carbocycles. The van der Waals surface area contributed by atoms with Crippen molar-refractivity contribution in [3.05, 3.63) is 71.0 Å². The fourth-order valence-electron chi connectivity index (χ4n) is 4.11. The average molecular weight is 384 g/mol. The van der Waals surface area contributed by atoms with Gasteiger partial charge in [0.1, 0.15) is 0 Å². The molecule has 0 N–H and O–H groups in total. The maximum atomic E-state index is 13.4. The molecule has 0 saturated heterocycles. The zero-order valence-corrected chi connectivity index (χ0v) is 17.0. The summed E-state index contributed by atoms with van der Waals surface area (Å²) >= 11 is 0. The van der Waals surface area contributed by atoms with Gasteiger partial charge in [-0.25, -0.2) is 4.98 Å². The predicted octanol–water partition coefficient (Wildman–Crippen LogP) is 4.58. The van der Waals surface area contributed by atoms with Crippen molar-refractivity contribution in [2.45, 2.75) is 32.2 Å². The Morgan fingerprint density at radius 1 is 1.14 bits per heavy atom. The second-order valence-corrected chi connectivity index (χ2v) is 8.12. The van der Waals surface area contributed by atoms with Crippen molar-refractivity contribution in [3.8, 4) is 0 Å². The molecule has 0 radical (unpaired) electrons. The fourth-order valence-corrected chi connectivity index (χ4v) is 4.11. The molecule has 1 aliphatic rings. The van der Waals surface area contributed by atoms with E-state index in [2.05, 4.69) is 35.4 Å². The summed E-state index contributed by atoms with van der Waals surface area (Å²) in [6.45, 7) is 2.51. The molecule has 146 valence electrons. The van der Waals surface area contributed by atoms with Crippen LogP contribution in [0.5, 0.6) is 0 Å². The predicted molar refractivity (Wildman–Crippen MR) is 115 cm³/mol. The molecule has 1 aliphatic carbocycles. The lowest BCUT2D eigenvalue weighted by Crippen LogP contribution is -2.26. The second-order valence-electron chi connectivity index (χ2n) is 8.12. The van der Waals surface area contributed by atoms with Crippen LogP contribution in [0, 0.1) is 6.92 Å². The summed E-state index contributed by atoms with van der Waals surface area (Å²) < 4.78 is 1.79. The number of aryl methyl sites for hydroxylation is 2. The van der Waals surface area contributed by atoms with Gasteiger partial charge in [0.25, 0.3) is 5.91 Å². The van der Waals surface area contributed by atoms with E-state index in [1.54, 1.807) is 9.58 Å². The van der Waals surface area contributed by atoms with E-state index in [9.17, 15) is 4.79 Å². The van der Waals surface area contributed by atoms with Gasteiger partial charge in [-0.3, -0.25) is 9.48 Å². The topological polar surface area (TPSA) is 51.0 Å². The molecule has 2 aromatic heterocycles.